The monoisotopic (exact) mass is 252 g/mol. The van der Waals surface area contributed by atoms with Crippen LogP contribution in [0.2, 0.25) is 0 Å². The van der Waals surface area contributed by atoms with Gasteiger partial charge in [0.15, 0.2) is 0 Å². The number of halogens is 1. The summed E-state index contributed by atoms with van der Waals surface area (Å²) >= 11 is 0. The van der Waals surface area contributed by atoms with Crippen LogP contribution in [0.1, 0.15) is 31.2 Å². The van der Waals surface area contributed by atoms with Crippen LogP contribution in [-0.4, -0.2) is 16.6 Å². The van der Waals surface area contributed by atoms with Crippen molar-refractivity contribution in [2.75, 3.05) is 5.43 Å². The molecule has 1 aliphatic rings. The maximum Gasteiger partial charge on any atom is 0.270 e. The van der Waals surface area contributed by atoms with E-state index in [2.05, 4.69) is 10.9 Å². The van der Waals surface area contributed by atoms with Crippen molar-refractivity contribution in [1.29, 1.82) is 0 Å². The Labute approximate surface area is 105 Å². The summed E-state index contributed by atoms with van der Waals surface area (Å²) in [5.74, 6) is -0.944. The van der Waals surface area contributed by atoms with Crippen LogP contribution in [0.25, 0.3) is 0 Å². The fourth-order valence-electron chi connectivity index (χ4n) is 2.16. The molecule has 1 amide bonds. The number of hydrogen-bond acceptors (Lipinski definition) is 3. The van der Waals surface area contributed by atoms with Gasteiger partial charge in [-0.2, -0.15) is 0 Å². The first-order valence-corrected chi connectivity index (χ1v) is 6.06. The third-order valence-electron chi connectivity index (χ3n) is 3.29. The number of aliphatic hydroxyl groups is 1. The van der Waals surface area contributed by atoms with Crippen molar-refractivity contribution in [1.82, 2.24) is 5.43 Å². The van der Waals surface area contributed by atoms with E-state index in [1.165, 1.54) is 6.07 Å². The largest absolute Gasteiger partial charge is 0.380 e. The minimum atomic E-state index is -1.31. The van der Waals surface area contributed by atoms with Crippen LogP contribution >= 0.6 is 0 Å². The summed E-state index contributed by atoms with van der Waals surface area (Å²) in [6, 6.07) is 4.56. The third kappa shape index (κ3) is 2.61. The molecular formula is C13H17FN2O2. The van der Waals surface area contributed by atoms with Crippen molar-refractivity contribution in [2.45, 2.75) is 38.2 Å². The van der Waals surface area contributed by atoms with Gasteiger partial charge in [-0.3, -0.25) is 15.6 Å². The molecular weight excluding hydrogens is 235 g/mol. The van der Waals surface area contributed by atoms with Gasteiger partial charge in [-0.1, -0.05) is 6.07 Å². The van der Waals surface area contributed by atoms with Crippen LogP contribution in [-0.2, 0) is 4.79 Å². The Morgan fingerprint density at radius 2 is 2.06 bits per heavy atom. The van der Waals surface area contributed by atoms with Crippen molar-refractivity contribution in [3.8, 4) is 0 Å². The van der Waals surface area contributed by atoms with Crippen LogP contribution in [0.4, 0.5) is 10.1 Å². The molecule has 2 rings (SSSR count). The number of anilines is 1. The Balaban J connectivity index is 1.99. The Hall–Kier alpha value is -1.62. The smallest absolute Gasteiger partial charge is 0.270 e. The molecule has 1 saturated carbocycles. The minimum absolute atomic E-state index is 0.199. The van der Waals surface area contributed by atoms with Crippen molar-refractivity contribution in [3.63, 3.8) is 0 Å². The van der Waals surface area contributed by atoms with Gasteiger partial charge >= 0.3 is 0 Å². The van der Waals surface area contributed by atoms with E-state index in [0.717, 1.165) is 18.4 Å². The number of carbonyl (C=O) groups is 1. The first-order valence-electron chi connectivity index (χ1n) is 6.06. The molecule has 0 atom stereocenters. The molecule has 0 bridgehead atoms. The van der Waals surface area contributed by atoms with E-state index in [1.807, 2.05) is 6.92 Å². The molecule has 1 fully saturated rings. The molecule has 98 valence electrons. The molecule has 0 heterocycles. The van der Waals surface area contributed by atoms with E-state index in [0.29, 0.717) is 12.8 Å². The second-order valence-electron chi connectivity index (χ2n) is 4.80. The van der Waals surface area contributed by atoms with Gasteiger partial charge in [-0.05, 0) is 50.3 Å². The van der Waals surface area contributed by atoms with Gasteiger partial charge in [0.05, 0.1) is 5.69 Å². The first kappa shape index (κ1) is 12.8. The van der Waals surface area contributed by atoms with Crippen LogP contribution in [0, 0.1) is 12.7 Å². The third-order valence-corrected chi connectivity index (χ3v) is 3.29. The van der Waals surface area contributed by atoms with E-state index in [9.17, 15) is 14.3 Å². The summed E-state index contributed by atoms with van der Waals surface area (Å²) in [7, 11) is 0. The van der Waals surface area contributed by atoms with Gasteiger partial charge in [0.2, 0.25) is 0 Å². The Morgan fingerprint density at radius 1 is 1.39 bits per heavy atom. The van der Waals surface area contributed by atoms with Crippen LogP contribution in [0.3, 0.4) is 0 Å². The summed E-state index contributed by atoms with van der Waals surface area (Å²) in [5.41, 5.74) is 4.66. The number of aryl methyl sites for hydroxylation is 1. The maximum absolute atomic E-state index is 13.4. The topological polar surface area (TPSA) is 61.4 Å². The van der Waals surface area contributed by atoms with Gasteiger partial charge in [0.25, 0.3) is 5.91 Å². The molecule has 0 aromatic heterocycles. The number of benzene rings is 1. The zero-order valence-corrected chi connectivity index (χ0v) is 10.3. The van der Waals surface area contributed by atoms with Crippen molar-refractivity contribution >= 4 is 11.6 Å². The van der Waals surface area contributed by atoms with E-state index in [4.69, 9.17) is 0 Å². The Bertz CT molecular complexity index is 456. The number of hydrazine groups is 1. The summed E-state index contributed by atoms with van der Waals surface area (Å²) in [6.07, 6.45) is 2.58. The first-order chi connectivity index (χ1) is 8.51. The molecule has 0 radical (unpaired) electrons. The van der Waals surface area contributed by atoms with Gasteiger partial charge in [0, 0.05) is 0 Å². The molecule has 0 unspecified atom stereocenters. The van der Waals surface area contributed by atoms with Crippen LogP contribution in [0.5, 0.6) is 0 Å². The SMILES string of the molecule is Cc1ccc(F)c(NNC(=O)C2(O)CCCC2)c1. The minimum Gasteiger partial charge on any atom is -0.380 e. The molecule has 1 aliphatic carbocycles. The number of hydrogen-bond donors (Lipinski definition) is 3. The average molecular weight is 252 g/mol. The lowest BCUT2D eigenvalue weighted by Crippen LogP contribution is -2.47. The predicted octanol–water partition coefficient (Wildman–Crippen LogP) is 1.88. The van der Waals surface area contributed by atoms with Gasteiger partial charge in [0.1, 0.15) is 11.4 Å². The van der Waals surface area contributed by atoms with Gasteiger partial charge < -0.3 is 5.11 Å². The lowest BCUT2D eigenvalue weighted by Gasteiger charge is -2.21. The number of carbonyl (C=O) groups excluding carboxylic acids is 1. The molecule has 5 heteroatoms. The molecule has 0 aliphatic heterocycles. The summed E-state index contributed by atoms with van der Waals surface area (Å²) in [6.45, 7) is 1.83. The molecule has 18 heavy (non-hydrogen) atoms. The number of amides is 1. The van der Waals surface area contributed by atoms with E-state index < -0.39 is 17.3 Å². The molecule has 0 spiro atoms. The van der Waals surface area contributed by atoms with Crippen molar-refractivity contribution in [2.24, 2.45) is 0 Å². The molecule has 4 nitrogen and oxygen atoms in total. The Morgan fingerprint density at radius 3 is 2.72 bits per heavy atom. The highest BCUT2D eigenvalue weighted by Crippen LogP contribution is 2.29. The Kier molecular flexibility index (Phi) is 3.52. The van der Waals surface area contributed by atoms with Crippen molar-refractivity contribution < 1.29 is 14.3 Å². The fourth-order valence-corrected chi connectivity index (χ4v) is 2.16. The van der Waals surface area contributed by atoms with Crippen LogP contribution < -0.4 is 10.9 Å². The summed E-state index contributed by atoms with van der Waals surface area (Å²) in [5, 5.41) is 10.0. The highest BCUT2D eigenvalue weighted by Gasteiger charge is 2.38. The zero-order chi connectivity index (χ0) is 13.2. The summed E-state index contributed by atoms with van der Waals surface area (Å²) in [4.78, 5) is 11.8. The average Bonchev–Trinajstić information content (AvgIpc) is 2.78. The lowest BCUT2D eigenvalue weighted by molar-refractivity contribution is -0.138. The highest BCUT2D eigenvalue weighted by atomic mass is 19.1. The summed E-state index contributed by atoms with van der Waals surface area (Å²) < 4.78 is 13.4. The maximum atomic E-state index is 13.4. The second-order valence-corrected chi connectivity index (χ2v) is 4.80. The molecule has 0 saturated heterocycles. The normalized spacial score (nSPS) is 17.5. The number of rotatable bonds is 3. The van der Waals surface area contributed by atoms with E-state index in [1.54, 1.807) is 12.1 Å². The second kappa shape index (κ2) is 4.94. The van der Waals surface area contributed by atoms with Gasteiger partial charge in [-0.15, -0.1) is 0 Å². The molecule has 3 N–H and O–H groups in total. The standard InChI is InChI=1S/C13H17FN2O2/c1-9-4-5-10(14)11(8-9)15-16-12(17)13(18)6-2-3-7-13/h4-5,8,15,18H,2-3,6-7H2,1H3,(H,16,17). The highest BCUT2D eigenvalue weighted by molar-refractivity contribution is 5.86. The number of nitrogens with one attached hydrogen (secondary N) is 2. The fraction of sp³-hybridized carbons (Fsp3) is 0.462. The van der Waals surface area contributed by atoms with E-state index >= 15 is 0 Å². The lowest BCUT2D eigenvalue weighted by atomic mass is 10.0. The van der Waals surface area contributed by atoms with Gasteiger partial charge in [-0.25, -0.2) is 4.39 Å². The quantitative estimate of drug-likeness (QED) is 0.720. The molecule has 1 aromatic rings. The van der Waals surface area contributed by atoms with Crippen molar-refractivity contribution in [3.05, 3.63) is 29.6 Å². The zero-order valence-electron chi connectivity index (χ0n) is 10.3. The molecule has 1 aromatic carbocycles. The van der Waals surface area contributed by atoms with E-state index in [-0.39, 0.29) is 5.69 Å². The van der Waals surface area contributed by atoms with Crippen LogP contribution in [0.15, 0.2) is 18.2 Å². The predicted molar refractivity (Wildman–Crippen MR) is 66.3 cm³/mol.